The summed E-state index contributed by atoms with van der Waals surface area (Å²) in [5.41, 5.74) is 2.97. The lowest BCUT2D eigenvalue weighted by Crippen LogP contribution is -2.59. The van der Waals surface area contributed by atoms with Crippen LogP contribution in [0, 0.1) is 0 Å². The van der Waals surface area contributed by atoms with Gasteiger partial charge in [-0.15, -0.1) is 0 Å². The number of anilines is 3. The molecule has 4 saturated heterocycles. The Kier molecular flexibility index (Phi) is 10.4. The first-order valence-corrected chi connectivity index (χ1v) is 24.6. The van der Waals surface area contributed by atoms with Crippen LogP contribution < -0.4 is 25.2 Å². The van der Waals surface area contributed by atoms with Crippen molar-refractivity contribution in [2.45, 2.75) is 130 Å². The van der Waals surface area contributed by atoms with Gasteiger partial charge in [-0.1, -0.05) is 6.07 Å². The average Bonchev–Trinajstić information content (AvgIpc) is 3.97. The number of rotatable bonds is 10. The lowest BCUT2D eigenvalue weighted by atomic mass is 9.92. The van der Waals surface area contributed by atoms with Gasteiger partial charge in [-0.2, -0.15) is 9.29 Å². The van der Waals surface area contributed by atoms with E-state index >= 15 is 0 Å². The smallest absolute Gasteiger partial charge is 0.255 e. The fraction of sp³-hybridized carbons (Fsp3) is 0.565. The third-order valence-electron chi connectivity index (χ3n) is 15.1. The Morgan fingerprint density at radius 1 is 0.891 bits per heavy atom. The molecule has 3 aromatic rings. The van der Waals surface area contributed by atoms with Crippen molar-refractivity contribution in [1.82, 2.24) is 29.4 Å². The fourth-order valence-electron chi connectivity index (χ4n) is 11.3. The first-order chi connectivity index (χ1) is 30.9. The van der Waals surface area contributed by atoms with Gasteiger partial charge in [0.25, 0.3) is 5.91 Å². The van der Waals surface area contributed by atoms with Crippen LogP contribution >= 0.6 is 0 Å². The second-order valence-corrected chi connectivity index (χ2v) is 21.1. The number of likely N-dealkylation sites (tertiary alicyclic amines) is 1. The molecule has 64 heavy (non-hydrogen) atoms. The number of aromatic nitrogens is 2. The lowest BCUT2D eigenvalue weighted by Gasteiger charge is -2.47. The fourth-order valence-corrected chi connectivity index (χ4v) is 12.8. The molecule has 0 bridgehead atoms. The summed E-state index contributed by atoms with van der Waals surface area (Å²) in [6.07, 6.45) is 9.67. The molecule has 11 rings (SSSR count). The number of benzene rings is 2. The van der Waals surface area contributed by atoms with E-state index in [4.69, 9.17) is 9.72 Å². The van der Waals surface area contributed by atoms with E-state index in [0.717, 1.165) is 87.9 Å². The van der Waals surface area contributed by atoms with E-state index in [9.17, 15) is 32.7 Å². The summed E-state index contributed by atoms with van der Waals surface area (Å²) in [6.45, 7) is 4.33. The highest BCUT2D eigenvalue weighted by Gasteiger charge is 2.61. The molecule has 1 unspecified atom stereocenters. The normalized spacial score (nSPS) is 26.8. The van der Waals surface area contributed by atoms with Gasteiger partial charge in [-0.3, -0.25) is 34.3 Å². The van der Waals surface area contributed by atoms with Crippen molar-refractivity contribution in [2.24, 2.45) is 0 Å². The van der Waals surface area contributed by atoms with Gasteiger partial charge < -0.3 is 25.0 Å². The number of nitrogens with zero attached hydrogens (tertiary/aromatic N) is 7. The Balaban J connectivity index is 0.648. The zero-order valence-electron chi connectivity index (χ0n) is 35.9. The molecular formula is C46H55N9O8S. The molecule has 338 valence electrons. The molecule has 2 aromatic carbocycles. The summed E-state index contributed by atoms with van der Waals surface area (Å²) in [5, 5.41) is 16.2. The first-order valence-electron chi connectivity index (χ1n) is 23.1. The van der Waals surface area contributed by atoms with Gasteiger partial charge in [0.05, 0.1) is 16.4 Å². The van der Waals surface area contributed by atoms with Crippen molar-refractivity contribution in [1.29, 1.82) is 0 Å². The zero-order valence-corrected chi connectivity index (χ0v) is 36.7. The highest BCUT2D eigenvalue weighted by atomic mass is 32.2. The molecule has 3 atom stereocenters. The minimum atomic E-state index is -3.76. The summed E-state index contributed by atoms with van der Waals surface area (Å²) in [7, 11) is -3.76. The molecule has 1 spiro atoms. The predicted molar refractivity (Wildman–Crippen MR) is 234 cm³/mol. The van der Waals surface area contributed by atoms with Crippen LogP contribution in [0.25, 0.3) is 0 Å². The number of carbonyl (C=O) groups is 4. The Hall–Kier alpha value is -5.17. The van der Waals surface area contributed by atoms with Gasteiger partial charge in [0.1, 0.15) is 23.7 Å². The molecule has 1 aromatic heterocycles. The van der Waals surface area contributed by atoms with E-state index in [2.05, 4.69) is 31.5 Å². The van der Waals surface area contributed by atoms with Crippen LogP contribution in [-0.4, -0.2) is 137 Å². The first kappa shape index (κ1) is 41.5. The van der Waals surface area contributed by atoms with Crippen molar-refractivity contribution >= 4 is 51.1 Å². The molecule has 8 aliphatic rings. The SMILES string of the molecule is O=C1CCC(N2Cc3cc(N4CCC(N5CC(Oc6cccc(S(=O)(=O)N7CCC(Nc8ncc9c(n8)N([C@@H]8CCC[C@@H](O)C8)C(=O)C98CC8)CC7)c6)C5)CC4)ccc3C2=O)C(=O)N1. The topological polar surface area (TPSA) is 198 Å². The highest BCUT2D eigenvalue weighted by Crippen LogP contribution is 2.57. The molecule has 0 radical (unpaired) electrons. The number of hydrogen-bond acceptors (Lipinski definition) is 13. The molecule has 6 fully saturated rings. The number of aliphatic hydroxyl groups is 1. The van der Waals surface area contributed by atoms with Gasteiger partial charge >= 0.3 is 0 Å². The Morgan fingerprint density at radius 2 is 1.69 bits per heavy atom. The molecule has 6 aliphatic heterocycles. The maximum absolute atomic E-state index is 13.9. The van der Waals surface area contributed by atoms with E-state index in [-0.39, 0.29) is 47.2 Å². The van der Waals surface area contributed by atoms with Crippen LogP contribution in [0.1, 0.15) is 98.5 Å². The molecule has 2 aliphatic carbocycles. The molecular weight excluding hydrogens is 839 g/mol. The van der Waals surface area contributed by atoms with Crippen molar-refractivity contribution in [3.63, 3.8) is 0 Å². The molecule has 17 nitrogen and oxygen atoms in total. The van der Waals surface area contributed by atoms with E-state index in [0.29, 0.717) is 74.4 Å². The van der Waals surface area contributed by atoms with Gasteiger partial charge in [0.15, 0.2) is 0 Å². The zero-order chi connectivity index (χ0) is 43.9. The minimum Gasteiger partial charge on any atom is -0.488 e. The number of hydrogen-bond donors (Lipinski definition) is 3. The summed E-state index contributed by atoms with van der Waals surface area (Å²) >= 11 is 0. The van der Waals surface area contributed by atoms with Crippen molar-refractivity contribution < 1.29 is 37.4 Å². The minimum absolute atomic E-state index is 0.0316. The van der Waals surface area contributed by atoms with E-state index in [1.165, 1.54) is 4.31 Å². The van der Waals surface area contributed by atoms with Gasteiger partial charge in [-0.05, 0) is 107 Å². The maximum atomic E-state index is 13.9. The van der Waals surface area contributed by atoms with Crippen molar-refractivity contribution in [3.05, 3.63) is 65.4 Å². The number of aliphatic hydroxyl groups excluding tert-OH is 1. The standard InChI is InChI=1S/C46H55N9O8S/c56-33-4-1-3-32(22-33)55-41-38(46(15-16-46)44(55)60)24-47-45(50-41)48-29-11-19-53(20-12-29)64(61,62)36-6-2-5-34(23-36)63-35-26-52(27-35)30-13-17-51(18-14-30)31-7-8-37-28(21-31)25-54(43(37)59)39-9-10-40(57)49-42(39)58/h2,5-8,21,23-24,29-30,32-33,35,39,56H,1,3-4,9-20,22,25-27H2,(H,47,48,50)(H,49,57,58)/t32-,33-,39?/m1/s1. The average molecular weight is 894 g/mol. The van der Waals surface area contributed by atoms with Gasteiger partial charge in [-0.25, -0.2) is 13.4 Å². The molecule has 2 saturated carbocycles. The molecule has 7 heterocycles. The van der Waals surface area contributed by atoms with Crippen LogP contribution in [0.15, 0.2) is 53.6 Å². The van der Waals surface area contributed by atoms with Crippen molar-refractivity contribution in [3.8, 4) is 5.75 Å². The third kappa shape index (κ3) is 7.39. The largest absolute Gasteiger partial charge is 0.488 e. The lowest BCUT2D eigenvalue weighted by molar-refractivity contribution is -0.137. The van der Waals surface area contributed by atoms with Crippen LogP contribution in [0.5, 0.6) is 5.75 Å². The predicted octanol–water partition coefficient (Wildman–Crippen LogP) is 2.92. The number of piperidine rings is 3. The summed E-state index contributed by atoms with van der Waals surface area (Å²) in [4.78, 5) is 68.9. The number of nitrogens with one attached hydrogen (secondary N) is 2. The number of amides is 4. The summed E-state index contributed by atoms with van der Waals surface area (Å²) in [6, 6.07) is 12.4. The van der Waals surface area contributed by atoms with E-state index in [1.54, 1.807) is 29.3 Å². The number of carbonyl (C=O) groups excluding carboxylic acids is 4. The van der Waals surface area contributed by atoms with Gasteiger partial charge in [0, 0.05) is 99.4 Å². The Morgan fingerprint density at radius 3 is 2.44 bits per heavy atom. The van der Waals surface area contributed by atoms with Crippen LogP contribution in [0.3, 0.4) is 0 Å². The van der Waals surface area contributed by atoms with Crippen LogP contribution in [0.4, 0.5) is 17.5 Å². The highest BCUT2D eigenvalue weighted by molar-refractivity contribution is 7.89. The maximum Gasteiger partial charge on any atom is 0.255 e. The van der Waals surface area contributed by atoms with Crippen LogP contribution in [-0.2, 0) is 36.4 Å². The molecule has 4 amide bonds. The summed E-state index contributed by atoms with van der Waals surface area (Å²) in [5.74, 6) is 0.862. The Labute approximate surface area is 372 Å². The third-order valence-corrected chi connectivity index (χ3v) is 17.0. The van der Waals surface area contributed by atoms with E-state index < -0.39 is 33.5 Å². The quantitative estimate of drug-likeness (QED) is 0.252. The second kappa shape index (κ2) is 16.1. The number of ether oxygens (including phenoxy) is 1. The van der Waals surface area contributed by atoms with Gasteiger partial charge in [0.2, 0.25) is 33.7 Å². The monoisotopic (exact) mass is 893 g/mol. The molecule has 3 N–H and O–H groups in total. The molecule has 18 heteroatoms. The second-order valence-electron chi connectivity index (χ2n) is 19.1. The summed E-state index contributed by atoms with van der Waals surface area (Å²) < 4.78 is 35.6. The number of imide groups is 1. The van der Waals surface area contributed by atoms with Crippen molar-refractivity contribution in [2.75, 3.05) is 54.4 Å². The number of sulfonamides is 1. The Bertz CT molecular complexity index is 2500. The number of fused-ring (bicyclic) bond motifs is 3. The van der Waals surface area contributed by atoms with Crippen LogP contribution in [0.2, 0.25) is 0 Å². The van der Waals surface area contributed by atoms with E-state index in [1.807, 2.05) is 23.1 Å².